The molecule has 0 bridgehead atoms. The van der Waals surface area contributed by atoms with Crippen molar-refractivity contribution in [3.8, 4) is 11.1 Å². The van der Waals surface area contributed by atoms with E-state index in [2.05, 4.69) is 10.3 Å². The van der Waals surface area contributed by atoms with Gasteiger partial charge in [0.1, 0.15) is 5.60 Å². The summed E-state index contributed by atoms with van der Waals surface area (Å²) in [7, 11) is 0. The van der Waals surface area contributed by atoms with Gasteiger partial charge in [0.15, 0.2) is 0 Å². The Morgan fingerprint density at radius 2 is 1.56 bits per heavy atom. The molecule has 0 radical (unpaired) electrons. The predicted octanol–water partition coefficient (Wildman–Crippen LogP) is 5.75. The Labute approximate surface area is 195 Å². The number of ether oxygens (including phenoxy) is 1. The molecule has 1 unspecified atom stereocenters. The van der Waals surface area contributed by atoms with Gasteiger partial charge in [-0.05, 0) is 60.9 Å². The topological polar surface area (TPSA) is 94.3 Å². The van der Waals surface area contributed by atoms with Crippen LogP contribution >= 0.6 is 0 Å². The van der Waals surface area contributed by atoms with Crippen LogP contribution in [0.5, 0.6) is 0 Å². The Balaban J connectivity index is 1.92. The average molecular weight is 471 g/mol. The van der Waals surface area contributed by atoms with Crippen molar-refractivity contribution in [2.24, 2.45) is 5.73 Å². The molecule has 0 aliphatic carbocycles. The summed E-state index contributed by atoms with van der Waals surface area (Å²) in [6.45, 7) is 2.97. The van der Waals surface area contributed by atoms with Gasteiger partial charge in [0.25, 0.3) is 0 Å². The lowest BCUT2D eigenvalue weighted by molar-refractivity contribution is -0.138. The van der Waals surface area contributed by atoms with Gasteiger partial charge in [0, 0.05) is 24.5 Å². The van der Waals surface area contributed by atoms with Gasteiger partial charge in [-0.15, -0.1) is 0 Å². The van der Waals surface area contributed by atoms with E-state index in [4.69, 9.17) is 10.5 Å². The van der Waals surface area contributed by atoms with Gasteiger partial charge in [-0.1, -0.05) is 30.3 Å². The van der Waals surface area contributed by atoms with Gasteiger partial charge in [-0.2, -0.15) is 13.2 Å². The number of halogens is 3. The van der Waals surface area contributed by atoms with Gasteiger partial charge in [0.05, 0.1) is 11.5 Å². The fourth-order valence-corrected chi connectivity index (χ4v) is 3.73. The molecule has 0 fully saturated rings. The fraction of sp³-hybridized carbons (Fsp3) is 0.240. The number of nitrogens with one attached hydrogen (secondary N) is 1. The predicted molar refractivity (Wildman–Crippen MR) is 122 cm³/mol. The molecule has 2 amide bonds. The number of carbonyl (C=O) groups is 2. The van der Waals surface area contributed by atoms with Gasteiger partial charge in [-0.25, -0.2) is 4.79 Å². The summed E-state index contributed by atoms with van der Waals surface area (Å²) in [4.78, 5) is 28.5. The molecule has 0 saturated heterocycles. The lowest BCUT2D eigenvalue weighted by Gasteiger charge is -2.30. The van der Waals surface area contributed by atoms with Gasteiger partial charge < -0.3 is 15.8 Å². The molecule has 6 nitrogen and oxygen atoms in total. The average Bonchev–Trinajstić information content (AvgIpc) is 2.77. The SMILES string of the molecule is CC(C)(CC(C(=O)Nc1ccc(-c2ccncc2)cc1)c1ccccc1C(F)(F)F)OC(N)=O. The lowest BCUT2D eigenvalue weighted by atomic mass is 9.84. The third kappa shape index (κ3) is 6.34. The Bertz CT molecular complexity index is 1150. The molecule has 3 N–H and O–H groups in total. The van der Waals surface area contributed by atoms with E-state index in [1.807, 2.05) is 12.1 Å². The molecule has 3 rings (SSSR count). The third-order valence-electron chi connectivity index (χ3n) is 5.20. The normalized spacial score (nSPS) is 12.6. The van der Waals surface area contributed by atoms with Crippen molar-refractivity contribution < 1.29 is 27.5 Å². The first-order chi connectivity index (χ1) is 16.0. The van der Waals surface area contributed by atoms with Crippen LogP contribution in [0.2, 0.25) is 0 Å². The number of nitrogens with zero attached hydrogens (tertiary/aromatic N) is 1. The van der Waals surface area contributed by atoms with Crippen molar-refractivity contribution in [3.05, 3.63) is 84.2 Å². The van der Waals surface area contributed by atoms with Crippen LogP contribution in [-0.4, -0.2) is 22.6 Å². The summed E-state index contributed by atoms with van der Waals surface area (Å²) < 4.78 is 46.2. The monoisotopic (exact) mass is 471 g/mol. The minimum Gasteiger partial charge on any atom is -0.444 e. The number of anilines is 1. The number of hydrogen-bond acceptors (Lipinski definition) is 4. The minimum atomic E-state index is -4.67. The molecule has 34 heavy (non-hydrogen) atoms. The zero-order valence-corrected chi connectivity index (χ0v) is 18.6. The molecule has 9 heteroatoms. The number of rotatable bonds is 7. The second kappa shape index (κ2) is 9.94. The van der Waals surface area contributed by atoms with Crippen LogP contribution in [0, 0.1) is 0 Å². The number of carbonyl (C=O) groups excluding carboxylic acids is 2. The van der Waals surface area contributed by atoms with E-state index in [0.29, 0.717) is 5.69 Å². The number of aromatic nitrogens is 1. The molecule has 0 saturated carbocycles. The highest BCUT2D eigenvalue weighted by Gasteiger charge is 2.39. The quantitative estimate of drug-likeness (QED) is 0.459. The molecular weight excluding hydrogens is 447 g/mol. The van der Waals surface area contributed by atoms with Crippen molar-refractivity contribution in [3.63, 3.8) is 0 Å². The molecular formula is C25H24F3N3O3. The summed E-state index contributed by atoms with van der Waals surface area (Å²) in [5, 5.41) is 2.68. The van der Waals surface area contributed by atoms with Crippen molar-refractivity contribution in [1.82, 2.24) is 4.98 Å². The molecule has 3 aromatic rings. The fourth-order valence-electron chi connectivity index (χ4n) is 3.73. The van der Waals surface area contributed by atoms with Gasteiger partial charge in [-0.3, -0.25) is 9.78 Å². The zero-order valence-electron chi connectivity index (χ0n) is 18.6. The number of pyridine rings is 1. The van der Waals surface area contributed by atoms with Crippen LogP contribution in [0.25, 0.3) is 11.1 Å². The summed E-state index contributed by atoms with van der Waals surface area (Å²) in [5.41, 5.74) is 4.88. The highest BCUT2D eigenvalue weighted by atomic mass is 19.4. The minimum absolute atomic E-state index is 0.218. The smallest absolute Gasteiger partial charge is 0.416 e. The van der Waals surface area contributed by atoms with E-state index in [1.54, 1.807) is 36.7 Å². The van der Waals surface area contributed by atoms with Crippen molar-refractivity contribution in [2.75, 3.05) is 5.32 Å². The first kappa shape index (κ1) is 24.8. The first-order valence-corrected chi connectivity index (χ1v) is 10.4. The highest BCUT2D eigenvalue weighted by Crippen LogP contribution is 2.39. The van der Waals surface area contributed by atoms with Crippen LogP contribution in [-0.2, 0) is 15.7 Å². The first-order valence-electron chi connectivity index (χ1n) is 10.4. The Morgan fingerprint density at radius 3 is 2.15 bits per heavy atom. The van der Waals surface area contributed by atoms with E-state index in [-0.39, 0.29) is 12.0 Å². The number of benzene rings is 2. The molecule has 1 atom stereocenters. The van der Waals surface area contributed by atoms with Gasteiger partial charge in [0.2, 0.25) is 5.91 Å². The number of hydrogen-bond donors (Lipinski definition) is 2. The maximum absolute atomic E-state index is 13.7. The van der Waals surface area contributed by atoms with Crippen molar-refractivity contribution in [2.45, 2.75) is 38.0 Å². The Hall–Kier alpha value is -3.88. The van der Waals surface area contributed by atoms with Crippen molar-refractivity contribution in [1.29, 1.82) is 0 Å². The molecule has 1 heterocycles. The van der Waals surface area contributed by atoms with E-state index < -0.39 is 35.3 Å². The summed E-state index contributed by atoms with van der Waals surface area (Å²) >= 11 is 0. The Morgan fingerprint density at radius 1 is 0.971 bits per heavy atom. The second-order valence-corrected chi connectivity index (χ2v) is 8.32. The standard InChI is InChI=1S/C25H24F3N3O3/c1-24(2,34-23(29)33)15-20(19-5-3-4-6-21(19)25(26,27)28)22(32)31-18-9-7-16(8-10-18)17-11-13-30-14-12-17/h3-14,20H,15H2,1-2H3,(H2,29,33)(H,31,32). The van der Waals surface area contributed by atoms with Crippen LogP contribution in [0.3, 0.4) is 0 Å². The molecule has 0 aliphatic rings. The van der Waals surface area contributed by atoms with Crippen molar-refractivity contribution >= 4 is 17.7 Å². The zero-order chi connectivity index (χ0) is 24.9. The third-order valence-corrected chi connectivity index (χ3v) is 5.20. The molecule has 0 aliphatic heterocycles. The maximum Gasteiger partial charge on any atom is 0.416 e. The summed E-state index contributed by atoms with van der Waals surface area (Å²) in [6.07, 6.45) is -2.66. The molecule has 178 valence electrons. The lowest BCUT2D eigenvalue weighted by Crippen LogP contribution is -2.36. The highest BCUT2D eigenvalue weighted by molar-refractivity contribution is 5.96. The largest absolute Gasteiger partial charge is 0.444 e. The van der Waals surface area contributed by atoms with Crippen LogP contribution in [0.15, 0.2) is 73.1 Å². The molecule has 0 spiro atoms. The number of amides is 2. The van der Waals surface area contributed by atoms with E-state index in [9.17, 15) is 22.8 Å². The Kier molecular flexibility index (Phi) is 7.24. The van der Waals surface area contributed by atoms with E-state index >= 15 is 0 Å². The van der Waals surface area contributed by atoms with E-state index in [0.717, 1.165) is 17.2 Å². The summed E-state index contributed by atoms with van der Waals surface area (Å²) in [6, 6.07) is 15.4. The van der Waals surface area contributed by atoms with Crippen LogP contribution in [0.1, 0.15) is 37.3 Å². The number of alkyl halides is 3. The maximum atomic E-state index is 13.7. The molecule has 1 aromatic heterocycles. The van der Waals surface area contributed by atoms with Crippen LogP contribution in [0.4, 0.5) is 23.7 Å². The summed E-state index contributed by atoms with van der Waals surface area (Å²) in [5.74, 6) is -1.94. The van der Waals surface area contributed by atoms with Gasteiger partial charge >= 0.3 is 12.3 Å². The second-order valence-electron chi connectivity index (χ2n) is 8.32. The number of nitrogens with two attached hydrogens (primary N) is 1. The molecule has 2 aromatic carbocycles. The van der Waals surface area contributed by atoms with Crippen LogP contribution < -0.4 is 11.1 Å². The van der Waals surface area contributed by atoms with E-state index in [1.165, 1.54) is 32.0 Å². The number of primary amides is 1.